The van der Waals surface area contributed by atoms with E-state index >= 15 is 0 Å². The van der Waals surface area contributed by atoms with Crippen LogP contribution < -0.4 is 0 Å². The first-order chi connectivity index (χ1) is 8.83. The van der Waals surface area contributed by atoms with Gasteiger partial charge in [0.1, 0.15) is 0 Å². The quantitative estimate of drug-likeness (QED) is 0.686. The molecule has 18 heavy (non-hydrogen) atoms. The lowest BCUT2D eigenvalue weighted by atomic mass is 10.1. The zero-order valence-corrected chi connectivity index (χ0v) is 10.8. The summed E-state index contributed by atoms with van der Waals surface area (Å²) in [7, 11) is 0. The third-order valence-electron chi connectivity index (χ3n) is 3.97. The second kappa shape index (κ2) is 5.23. The number of carbonyl (C=O) groups excluding carboxylic acids is 1. The second-order valence-corrected chi connectivity index (χ2v) is 5.71. The minimum absolute atomic E-state index is 0.289. The maximum absolute atomic E-state index is 12.1. The van der Waals surface area contributed by atoms with Crippen LogP contribution in [0.1, 0.15) is 42.5 Å². The van der Waals surface area contributed by atoms with E-state index in [4.69, 9.17) is 0 Å². The Labute approximate surface area is 109 Å². The molecule has 0 unspecified atom stereocenters. The van der Waals surface area contributed by atoms with E-state index in [2.05, 4.69) is 4.90 Å². The lowest BCUT2D eigenvalue weighted by Gasteiger charge is -2.21. The molecule has 1 aromatic rings. The molecule has 0 aliphatic heterocycles. The van der Waals surface area contributed by atoms with Gasteiger partial charge in [-0.25, -0.2) is 0 Å². The van der Waals surface area contributed by atoms with E-state index in [1.54, 1.807) is 0 Å². The Hall–Kier alpha value is -1.15. The van der Waals surface area contributed by atoms with E-state index in [0.717, 1.165) is 24.1 Å². The number of hydrogen-bond acceptors (Lipinski definition) is 2. The monoisotopic (exact) mass is 243 g/mol. The highest BCUT2D eigenvalue weighted by Gasteiger charge is 2.33. The van der Waals surface area contributed by atoms with Gasteiger partial charge in [0.15, 0.2) is 5.78 Å². The number of rotatable bonds is 7. The number of nitrogens with zero attached hydrogens (tertiary/aromatic N) is 1. The molecule has 0 bridgehead atoms. The van der Waals surface area contributed by atoms with Crippen LogP contribution in [0.3, 0.4) is 0 Å². The molecule has 0 radical (unpaired) electrons. The van der Waals surface area contributed by atoms with Crippen LogP contribution in [0.15, 0.2) is 30.3 Å². The van der Waals surface area contributed by atoms with Crippen LogP contribution in [0, 0.1) is 5.92 Å². The first-order valence-electron chi connectivity index (χ1n) is 7.15. The minimum atomic E-state index is 0.289. The molecule has 2 fully saturated rings. The van der Waals surface area contributed by atoms with Crippen LogP contribution in [-0.2, 0) is 0 Å². The van der Waals surface area contributed by atoms with Gasteiger partial charge in [0.2, 0.25) is 0 Å². The average Bonchev–Trinajstić information content (AvgIpc) is 3.28. The van der Waals surface area contributed by atoms with Gasteiger partial charge in [0.05, 0.1) is 0 Å². The fourth-order valence-corrected chi connectivity index (χ4v) is 2.51. The topological polar surface area (TPSA) is 20.3 Å². The van der Waals surface area contributed by atoms with Crippen molar-refractivity contribution in [2.75, 3.05) is 13.1 Å². The molecule has 0 N–H and O–H groups in total. The van der Waals surface area contributed by atoms with E-state index < -0.39 is 0 Å². The summed E-state index contributed by atoms with van der Waals surface area (Å²) in [4.78, 5) is 14.6. The molecule has 2 aliphatic carbocycles. The Morgan fingerprint density at radius 1 is 1.11 bits per heavy atom. The Balaban J connectivity index is 1.51. The fraction of sp³-hybridized carbons (Fsp3) is 0.562. The summed E-state index contributed by atoms with van der Waals surface area (Å²) in [6.07, 6.45) is 6.15. The zero-order chi connectivity index (χ0) is 12.4. The van der Waals surface area contributed by atoms with E-state index in [1.165, 1.54) is 32.2 Å². The van der Waals surface area contributed by atoms with Crippen molar-refractivity contribution in [3.8, 4) is 0 Å². The van der Waals surface area contributed by atoms with Gasteiger partial charge in [0, 0.05) is 31.1 Å². The Kier molecular flexibility index (Phi) is 3.46. The van der Waals surface area contributed by atoms with E-state index in [1.807, 2.05) is 30.3 Å². The van der Waals surface area contributed by atoms with E-state index in [0.29, 0.717) is 6.42 Å². The van der Waals surface area contributed by atoms with Crippen molar-refractivity contribution >= 4 is 5.78 Å². The van der Waals surface area contributed by atoms with Gasteiger partial charge in [-0.1, -0.05) is 30.3 Å². The van der Waals surface area contributed by atoms with Crippen molar-refractivity contribution in [1.82, 2.24) is 4.90 Å². The van der Waals surface area contributed by atoms with E-state index in [9.17, 15) is 4.79 Å². The fourth-order valence-electron chi connectivity index (χ4n) is 2.51. The van der Waals surface area contributed by atoms with Crippen LogP contribution in [0.2, 0.25) is 0 Å². The molecule has 2 nitrogen and oxygen atoms in total. The Morgan fingerprint density at radius 3 is 2.44 bits per heavy atom. The summed E-state index contributed by atoms with van der Waals surface area (Å²) in [6, 6.07) is 10.5. The average molecular weight is 243 g/mol. The Morgan fingerprint density at radius 2 is 1.83 bits per heavy atom. The van der Waals surface area contributed by atoms with Gasteiger partial charge in [-0.3, -0.25) is 9.69 Å². The molecule has 2 saturated carbocycles. The van der Waals surface area contributed by atoms with Crippen molar-refractivity contribution < 1.29 is 4.79 Å². The van der Waals surface area contributed by atoms with Gasteiger partial charge in [-0.05, 0) is 31.6 Å². The number of ketones is 1. The van der Waals surface area contributed by atoms with Crippen LogP contribution in [0.25, 0.3) is 0 Å². The van der Waals surface area contributed by atoms with Crippen molar-refractivity contribution in [1.29, 1.82) is 0 Å². The second-order valence-electron chi connectivity index (χ2n) is 5.71. The van der Waals surface area contributed by atoms with Crippen molar-refractivity contribution in [3.63, 3.8) is 0 Å². The molecule has 0 atom stereocenters. The largest absolute Gasteiger partial charge is 0.300 e. The molecule has 2 heteroatoms. The highest BCUT2D eigenvalue weighted by molar-refractivity contribution is 5.96. The maximum Gasteiger partial charge on any atom is 0.164 e. The SMILES string of the molecule is O=C(CCN(CC1CC1)C1CC1)c1ccccc1. The van der Waals surface area contributed by atoms with Crippen LogP contribution in [-0.4, -0.2) is 29.8 Å². The number of carbonyl (C=O) groups is 1. The Bertz CT molecular complexity index is 406. The highest BCUT2D eigenvalue weighted by Crippen LogP contribution is 2.34. The van der Waals surface area contributed by atoms with Crippen molar-refractivity contribution in [3.05, 3.63) is 35.9 Å². The van der Waals surface area contributed by atoms with E-state index in [-0.39, 0.29) is 5.78 Å². The zero-order valence-electron chi connectivity index (χ0n) is 10.8. The predicted octanol–water partition coefficient (Wildman–Crippen LogP) is 3.13. The standard InChI is InChI=1S/C16H21NO/c18-16(14-4-2-1-3-5-14)10-11-17(15-8-9-15)12-13-6-7-13/h1-5,13,15H,6-12H2. The molecule has 0 heterocycles. The first kappa shape index (κ1) is 11.9. The molecule has 0 aromatic heterocycles. The van der Waals surface area contributed by atoms with Crippen LogP contribution in [0.5, 0.6) is 0 Å². The molecule has 3 rings (SSSR count). The molecule has 0 amide bonds. The molecule has 0 saturated heterocycles. The summed E-state index contributed by atoms with van der Waals surface area (Å²) in [5.41, 5.74) is 0.861. The van der Waals surface area contributed by atoms with Gasteiger partial charge in [-0.2, -0.15) is 0 Å². The third kappa shape index (κ3) is 3.20. The lowest BCUT2D eigenvalue weighted by Crippen LogP contribution is -2.30. The molecule has 96 valence electrons. The van der Waals surface area contributed by atoms with Crippen LogP contribution >= 0.6 is 0 Å². The number of benzene rings is 1. The van der Waals surface area contributed by atoms with Gasteiger partial charge < -0.3 is 0 Å². The van der Waals surface area contributed by atoms with Gasteiger partial charge in [0.25, 0.3) is 0 Å². The summed E-state index contributed by atoms with van der Waals surface area (Å²) in [5, 5.41) is 0. The predicted molar refractivity (Wildman–Crippen MR) is 72.7 cm³/mol. The number of hydrogen-bond donors (Lipinski definition) is 0. The van der Waals surface area contributed by atoms with Crippen LogP contribution in [0.4, 0.5) is 0 Å². The summed E-state index contributed by atoms with van der Waals surface area (Å²) in [5.74, 6) is 1.22. The maximum atomic E-state index is 12.1. The molecule has 1 aromatic carbocycles. The number of Topliss-reactive ketones (excluding diaryl/α,β-unsaturated/α-hetero) is 1. The van der Waals surface area contributed by atoms with Crippen molar-refractivity contribution in [2.24, 2.45) is 5.92 Å². The summed E-state index contributed by atoms with van der Waals surface area (Å²) >= 11 is 0. The summed E-state index contributed by atoms with van der Waals surface area (Å²) < 4.78 is 0. The molecular formula is C16H21NO. The van der Waals surface area contributed by atoms with Gasteiger partial charge >= 0.3 is 0 Å². The third-order valence-corrected chi connectivity index (χ3v) is 3.97. The smallest absolute Gasteiger partial charge is 0.164 e. The molecule has 2 aliphatic rings. The lowest BCUT2D eigenvalue weighted by molar-refractivity contribution is 0.0961. The minimum Gasteiger partial charge on any atom is -0.300 e. The molecular weight excluding hydrogens is 222 g/mol. The molecule has 0 spiro atoms. The summed E-state index contributed by atoms with van der Waals surface area (Å²) in [6.45, 7) is 2.18. The van der Waals surface area contributed by atoms with Gasteiger partial charge in [-0.15, -0.1) is 0 Å². The highest BCUT2D eigenvalue weighted by atomic mass is 16.1. The first-order valence-corrected chi connectivity index (χ1v) is 7.15. The van der Waals surface area contributed by atoms with Crippen molar-refractivity contribution in [2.45, 2.75) is 38.1 Å². The normalized spacial score (nSPS) is 19.2.